The smallest absolute Gasteiger partial charge is 0.230 e. The van der Waals surface area contributed by atoms with Crippen LogP contribution in [0, 0.1) is 5.41 Å². The maximum absolute atomic E-state index is 12.5. The Kier molecular flexibility index (Phi) is 3.54. The highest BCUT2D eigenvalue weighted by Gasteiger charge is 2.39. The summed E-state index contributed by atoms with van der Waals surface area (Å²) in [4.78, 5) is 15.6. The lowest BCUT2D eigenvalue weighted by molar-refractivity contribution is -0.140. The van der Waals surface area contributed by atoms with E-state index in [1.807, 2.05) is 18.0 Å². The van der Waals surface area contributed by atoms with Gasteiger partial charge in [-0.15, -0.1) is 11.3 Å². The van der Waals surface area contributed by atoms with Crippen molar-refractivity contribution in [1.82, 2.24) is 10.2 Å². The molecule has 0 aliphatic carbocycles. The fourth-order valence-electron chi connectivity index (χ4n) is 2.32. The molecule has 94 valence electrons. The maximum atomic E-state index is 12.5. The van der Waals surface area contributed by atoms with Crippen molar-refractivity contribution in [3.8, 4) is 0 Å². The number of rotatable bonds is 3. The van der Waals surface area contributed by atoms with Crippen LogP contribution in [0.15, 0.2) is 17.5 Å². The molecule has 0 radical (unpaired) electrons. The average molecular weight is 252 g/mol. The molecule has 17 heavy (non-hydrogen) atoms. The number of amides is 1. The Bertz CT molecular complexity index is 382. The zero-order valence-electron chi connectivity index (χ0n) is 10.7. The quantitative estimate of drug-likeness (QED) is 0.895. The summed E-state index contributed by atoms with van der Waals surface area (Å²) in [6.45, 7) is 5.90. The molecule has 1 fully saturated rings. The van der Waals surface area contributed by atoms with Gasteiger partial charge in [-0.25, -0.2) is 0 Å². The van der Waals surface area contributed by atoms with Crippen LogP contribution in [0.5, 0.6) is 0 Å². The Morgan fingerprint density at radius 3 is 2.94 bits per heavy atom. The molecule has 0 spiro atoms. The minimum atomic E-state index is -0.222. The first-order chi connectivity index (χ1) is 8.04. The van der Waals surface area contributed by atoms with Gasteiger partial charge in [-0.1, -0.05) is 6.07 Å². The molecule has 3 nitrogen and oxygen atoms in total. The first-order valence-corrected chi connectivity index (χ1v) is 6.94. The lowest BCUT2D eigenvalue weighted by Crippen LogP contribution is -2.42. The van der Waals surface area contributed by atoms with Crippen molar-refractivity contribution < 1.29 is 4.79 Å². The van der Waals surface area contributed by atoms with E-state index in [0.717, 1.165) is 19.5 Å². The van der Waals surface area contributed by atoms with Gasteiger partial charge in [0.05, 0.1) is 11.5 Å². The predicted molar refractivity (Wildman–Crippen MR) is 71.1 cm³/mol. The van der Waals surface area contributed by atoms with E-state index in [1.165, 1.54) is 4.88 Å². The molecule has 1 aliphatic rings. The monoisotopic (exact) mass is 252 g/mol. The molecule has 1 amide bonds. The van der Waals surface area contributed by atoms with Gasteiger partial charge in [0.1, 0.15) is 0 Å². The van der Waals surface area contributed by atoms with Crippen LogP contribution < -0.4 is 5.32 Å². The number of nitrogens with one attached hydrogen (secondary N) is 1. The topological polar surface area (TPSA) is 32.3 Å². The number of hydrogen-bond donors (Lipinski definition) is 1. The van der Waals surface area contributed by atoms with Gasteiger partial charge in [-0.05, 0) is 38.3 Å². The Morgan fingerprint density at radius 2 is 2.41 bits per heavy atom. The third kappa shape index (κ3) is 2.38. The molecule has 0 saturated carbocycles. The van der Waals surface area contributed by atoms with Crippen LogP contribution in [0.2, 0.25) is 0 Å². The molecule has 1 aliphatic heterocycles. The Labute approximate surface area is 107 Å². The summed E-state index contributed by atoms with van der Waals surface area (Å²) in [6.07, 6.45) is 0.938. The van der Waals surface area contributed by atoms with Crippen molar-refractivity contribution in [2.45, 2.75) is 26.3 Å². The second-order valence-corrected chi connectivity index (χ2v) is 6.07. The van der Waals surface area contributed by atoms with E-state index in [0.29, 0.717) is 0 Å². The Morgan fingerprint density at radius 1 is 1.65 bits per heavy atom. The third-order valence-corrected chi connectivity index (χ3v) is 4.78. The minimum Gasteiger partial charge on any atom is -0.338 e. The zero-order chi connectivity index (χ0) is 12.5. The van der Waals surface area contributed by atoms with E-state index >= 15 is 0 Å². The number of carbonyl (C=O) groups is 1. The van der Waals surface area contributed by atoms with E-state index in [2.05, 4.69) is 30.6 Å². The summed E-state index contributed by atoms with van der Waals surface area (Å²) in [7, 11) is 1.91. The van der Waals surface area contributed by atoms with E-state index in [1.54, 1.807) is 11.3 Å². The van der Waals surface area contributed by atoms with Crippen LogP contribution in [-0.4, -0.2) is 30.9 Å². The van der Waals surface area contributed by atoms with Crippen LogP contribution in [0.25, 0.3) is 0 Å². The molecule has 2 heterocycles. The van der Waals surface area contributed by atoms with Crippen LogP contribution in [0.4, 0.5) is 0 Å². The first-order valence-electron chi connectivity index (χ1n) is 6.06. The van der Waals surface area contributed by atoms with Crippen molar-refractivity contribution in [3.05, 3.63) is 22.4 Å². The first kappa shape index (κ1) is 12.6. The van der Waals surface area contributed by atoms with Gasteiger partial charge < -0.3 is 10.2 Å². The van der Waals surface area contributed by atoms with E-state index in [4.69, 9.17) is 0 Å². The van der Waals surface area contributed by atoms with Crippen LogP contribution >= 0.6 is 11.3 Å². The van der Waals surface area contributed by atoms with Gasteiger partial charge >= 0.3 is 0 Å². The van der Waals surface area contributed by atoms with Gasteiger partial charge in [0.2, 0.25) is 5.91 Å². The summed E-state index contributed by atoms with van der Waals surface area (Å²) in [5, 5.41) is 5.34. The van der Waals surface area contributed by atoms with Crippen molar-refractivity contribution in [1.29, 1.82) is 0 Å². The molecule has 1 saturated heterocycles. The molecular weight excluding hydrogens is 232 g/mol. The van der Waals surface area contributed by atoms with Gasteiger partial charge in [-0.3, -0.25) is 4.79 Å². The molecule has 4 heteroatoms. The van der Waals surface area contributed by atoms with Gasteiger partial charge in [0.15, 0.2) is 0 Å². The molecule has 0 aromatic carbocycles. The molecule has 1 aromatic rings. The van der Waals surface area contributed by atoms with Crippen LogP contribution in [0.3, 0.4) is 0 Å². The largest absolute Gasteiger partial charge is 0.338 e. The third-order valence-electron chi connectivity index (χ3n) is 3.74. The summed E-state index contributed by atoms with van der Waals surface area (Å²) >= 11 is 1.71. The van der Waals surface area contributed by atoms with E-state index < -0.39 is 0 Å². The Balaban J connectivity index is 2.09. The van der Waals surface area contributed by atoms with E-state index in [9.17, 15) is 4.79 Å². The molecule has 2 unspecified atom stereocenters. The number of carbonyl (C=O) groups excluding carboxylic acids is 1. The van der Waals surface area contributed by atoms with Crippen LogP contribution in [-0.2, 0) is 4.79 Å². The summed E-state index contributed by atoms with van der Waals surface area (Å²) in [5.41, 5.74) is -0.222. The van der Waals surface area contributed by atoms with Crippen molar-refractivity contribution in [3.63, 3.8) is 0 Å². The standard InChI is InChI=1S/C13H20N2OS/c1-10(11-5-4-8-17-11)15(3)12(16)13(2)6-7-14-9-13/h4-5,8,10,14H,6-7,9H2,1-3H3. The second-order valence-electron chi connectivity index (χ2n) is 5.09. The SMILES string of the molecule is CC(c1cccs1)N(C)C(=O)C1(C)CCNC1. The molecule has 2 rings (SSSR count). The number of nitrogens with zero attached hydrogens (tertiary/aromatic N) is 1. The number of thiophene rings is 1. The summed E-state index contributed by atoms with van der Waals surface area (Å²) < 4.78 is 0. The number of hydrogen-bond acceptors (Lipinski definition) is 3. The highest BCUT2D eigenvalue weighted by molar-refractivity contribution is 7.10. The van der Waals surface area contributed by atoms with Crippen molar-refractivity contribution in [2.75, 3.05) is 20.1 Å². The highest BCUT2D eigenvalue weighted by atomic mass is 32.1. The lowest BCUT2D eigenvalue weighted by Gasteiger charge is -2.32. The maximum Gasteiger partial charge on any atom is 0.230 e. The van der Waals surface area contributed by atoms with Gasteiger partial charge in [0, 0.05) is 18.5 Å². The fourth-order valence-corrected chi connectivity index (χ4v) is 3.15. The molecule has 1 aromatic heterocycles. The molecule has 2 atom stereocenters. The van der Waals surface area contributed by atoms with Gasteiger partial charge in [0.25, 0.3) is 0 Å². The predicted octanol–water partition coefficient (Wildman–Crippen LogP) is 2.27. The van der Waals surface area contributed by atoms with Crippen LogP contribution in [0.1, 0.15) is 31.2 Å². The second kappa shape index (κ2) is 4.78. The molecular formula is C13H20N2OS. The summed E-state index contributed by atoms with van der Waals surface area (Å²) in [6, 6.07) is 4.29. The normalized spacial score (nSPS) is 25.8. The van der Waals surface area contributed by atoms with Gasteiger partial charge in [-0.2, -0.15) is 0 Å². The van der Waals surface area contributed by atoms with E-state index in [-0.39, 0.29) is 17.4 Å². The Hall–Kier alpha value is -0.870. The van der Waals surface area contributed by atoms with Crippen molar-refractivity contribution in [2.24, 2.45) is 5.41 Å². The molecule has 1 N–H and O–H groups in total. The minimum absolute atomic E-state index is 0.167. The lowest BCUT2D eigenvalue weighted by atomic mass is 9.88. The average Bonchev–Trinajstić information content (AvgIpc) is 2.97. The zero-order valence-corrected chi connectivity index (χ0v) is 11.5. The van der Waals surface area contributed by atoms with Crippen molar-refractivity contribution >= 4 is 17.2 Å². The summed E-state index contributed by atoms with van der Waals surface area (Å²) in [5.74, 6) is 0.253. The molecule has 0 bridgehead atoms. The highest BCUT2D eigenvalue weighted by Crippen LogP contribution is 2.31. The fraction of sp³-hybridized carbons (Fsp3) is 0.615.